The number of allylic oxidation sites excluding steroid dienone is 6. The molecule has 0 aliphatic carbocycles. The Kier molecular flexibility index (Phi) is 36.6. The Morgan fingerprint density at radius 3 is 1.29 bits per heavy atom. The Morgan fingerprint density at radius 1 is 0.408 bits per heavy atom. The molecule has 0 aliphatic rings. The lowest BCUT2D eigenvalue weighted by molar-refractivity contribution is -0.167. The molecule has 0 aliphatic heterocycles. The first-order valence-corrected chi connectivity index (χ1v) is 20.5. The van der Waals surface area contributed by atoms with Gasteiger partial charge in [0.25, 0.3) is 0 Å². The van der Waals surface area contributed by atoms with E-state index >= 15 is 0 Å². The molecule has 0 saturated carbocycles. The van der Waals surface area contributed by atoms with E-state index in [1.54, 1.807) is 0 Å². The lowest BCUT2D eigenvalue weighted by Crippen LogP contribution is -2.30. The Hall–Kier alpha value is -2.37. The van der Waals surface area contributed by atoms with Crippen LogP contribution < -0.4 is 0 Å². The third-order valence-electron chi connectivity index (χ3n) is 8.60. The van der Waals surface area contributed by atoms with Crippen molar-refractivity contribution in [3.05, 3.63) is 36.5 Å². The summed E-state index contributed by atoms with van der Waals surface area (Å²) < 4.78 is 16.6. The third kappa shape index (κ3) is 36.7. The molecule has 0 radical (unpaired) electrons. The molecule has 0 spiro atoms. The van der Waals surface area contributed by atoms with Crippen molar-refractivity contribution in [1.82, 2.24) is 0 Å². The zero-order valence-corrected chi connectivity index (χ0v) is 32.2. The van der Waals surface area contributed by atoms with E-state index in [9.17, 15) is 14.4 Å². The number of esters is 3. The molecule has 0 heterocycles. The van der Waals surface area contributed by atoms with Gasteiger partial charge >= 0.3 is 17.9 Å². The summed E-state index contributed by atoms with van der Waals surface area (Å²) in [5, 5.41) is 0. The summed E-state index contributed by atoms with van der Waals surface area (Å²) in [4.78, 5) is 37.4. The number of carbonyl (C=O) groups excluding carboxylic acids is 3. The fourth-order valence-electron chi connectivity index (χ4n) is 5.46. The van der Waals surface area contributed by atoms with Gasteiger partial charge in [-0.25, -0.2) is 0 Å². The summed E-state index contributed by atoms with van der Waals surface area (Å²) in [6.45, 7) is 6.45. The van der Waals surface area contributed by atoms with Crippen molar-refractivity contribution in [1.29, 1.82) is 0 Å². The Balaban J connectivity index is 4.35. The molecule has 0 aromatic rings. The summed E-state index contributed by atoms with van der Waals surface area (Å²) in [6, 6.07) is 0. The fourth-order valence-corrected chi connectivity index (χ4v) is 5.46. The Labute approximate surface area is 302 Å². The lowest BCUT2D eigenvalue weighted by Gasteiger charge is -2.18. The van der Waals surface area contributed by atoms with Crippen LogP contribution in [-0.2, 0) is 28.6 Å². The Bertz CT molecular complexity index is 845. The molecule has 1 unspecified atom stereocenters. The van der Waals surface area contributed by atoms with E-state index in [0.717, 1.165) is 96.3 Å². The minimum absolute atomic E-state index is 0.0799. The number of ether oxygens (including phenoxy) is 3. The Morgan fingerprint density at radius 2 is 0.796 bits per heavy atom. The normalized spacial score (nSPS) is 12.3. The predicted molar refractivity (Wildman–Crippen MR) is 206 cm³/mol. The van der Waals surface area contributed by atoms with Crippen molar-refractivity contribution in [2.75, 3.05) is 13.2 Å². The SMILES string of the molecule is CCC/C=C\CCCCCCCC(=O)OC(COC(=O)CCCCCCC/C=C\C/C=C\CCCC)COC(=O)CCCCCCCCC. The van der Waals surface area contributed by atoms with Crippen LogP contribution in [0.2, 0.25) is 0 Å². The quantitative estimate of drug-likeness (QED) is 0.0282. The zero-order chi connectivity index (χ0) is 35.9. The molecule has 0 N–H and O–H groups in total. The molecule has 6 nitrogen and oxygen atoms in total. The maximum Gasteiger partial charge on any atom is 0.306 e. The van der Waals surface area contributed by atoms with Crippen LogP contribution in [0.3, 0.4) is 0 Å². The van der Waals surface area contributed by atoms with Crippen molar-refractivity contribution in [2.45, 2.75) is 207 Å². The topological polar surface area (TPSA) is 78.9 Å². The van der Waals surface area contributed by atoms with Crippen LogP contribution >= 0.6 is 0 Å². The molecule has 6 heteroatoms. The minimum atomic E-state index is -0.774. The van der Waals surface area contributed by atoms with Crippen LogP contribution in [0, 0.1) is 0 Å². The second-order valence-corrected chi connectivity index (χ2v) is 13.5. The molecule has 0 amide bonds. The van der Waals surface area contributed by atoms with E-state index in [0.29, 0.717) is 19.3 Å². The van der Waals surface area contributed by atoms with Crippen molar-refractivity contribution >= 4 is 17.9 Å². The van der Waals surface area contributed by atoms with Crippen molar-refractivity contribution in [3.63, 3.8) is 0 Å². The van der Waals surface area contributed by atoms with Crippen LogP contribution in [0.15, 0.2) is 36.5 Å². The highest BCUT2D eigenvalue weighted by molar-refractivity contribution is 5.71. The summed E-state index contributed by atoms with van der Waals surface area (Å²) in [5.41, 5.74) is 0. The molecular weight excluding hydrogens is 612 g/mol. The van der Waals surface area contributed by atoms with Crippen LogP contribution in [0.1, 0.15) is 201 Å². The smallest absolute Gasteiger partial charge is 0.306 e. The third-order valence-corrected chi connectivity index (χ3v) is 8.60. The average Bonchev–Trinajstić information content (AvgIpc) is 3.10. The minimum Gasteiger partial charge on any atom is -0.462 e. The van der Waals surface area contributed by atoms with Gasteiger partial charge in [-0.2, -0.15) is 0 Å². The number of hydrogen-bond donors (Lipinski definition) is 0. The number of hydrogen-bond acceptors (Lipinski definition) is 6. The second-order valence-electron chi connectivity index (χ2n) is 13.5. The molecular formula is C43H76O6. The van der Waals surface area contributed by atoms with E-state index < -0.39 is 6.10 Å². The van der Waals surface area contributed by atoms with E-state index in [4.69, 9.17) is 14.2 Å². The first kappa shape index (κ1) is 46.6. The molecule has 284 valence electrons. The van der Waals surface area contributed by atoms with Gasteiger partial charge in [0.05, 0.1) is 0 Å². The first-order valence-electron chi connectivity index (χ1n) is 20.5. The van der Waals surface area contributed by atoms with Crippen LogP contribution in [0.5, 0.6) is 0 Å². The summed E-state index contributed by atoms with van der Waals surface area (Å²) >= 11 is 0. The van der Waals surface area contributed by atoms with Crippen LogP contribution in [-0.4, -0.2) is 37.2 Å². The first-order chi connectivity index (χ1) is 24.0. The molecule has 0 saturated heterocycles. The molecule has 0 fully saturated rings. The van der Waals surface area contributed by atoms with Gasteiger partial charge in [0.2, 0.25) is 0 Å². The van der Waals surface area contributed by atoms with Crippen LogP contribution in [0.25, 0.3) is 0 Å². The molecule has 0 rings (SSSR count). The molecule has 49 heavy (non-hydrogen) atoms. The van der Waals surface area contributed by atoms with E-state index in [2.05, 4.69) is 57.2 Å². The number of unbranched alkanes of at least 4 members (excludes halogenated alkanes) is 19. The van der Waals surface area contributed by atoms with Crippen molar-refractivity contribution < 1.29 is 28.6 Å². The van der Waals surface area contributed by atoms with Crippen LogP contribution in [0.4, 0.5) is 0 Å². The van der Waals surface area contributed by atoms with Gasteiger partial charge in [0.15, 0.2) is 6.10 Å². The highest BCUT2D eigenvalue weighted by Crippen LogP contribution is 2.13. The van der Waals surface area contributed by atoms with Gasteiger partial charge in [-0.1, -0.05) is 154 Å². The second kappa shape index (κ2) is 38.4. The maximum atomic E-state index is 12.6. The average molecular weight is 689 g/mol. The summed E-state index contributed by atoms with van der Waals surface area (Å²) in [5.74, 6) is -0.917. The van der Waals surface area contributed by atoms with E-state index in [-0.39, 0.29) is 31.1 Å². The number of carbonyl (C=O) groups is 3. The van der Waals surface area contributed by atoms with E-state index in [1.807, 2.05) is 0 Å². The molecule has 0 bridgehead atoms. The highest BCUT2D eigenvalue weighted by Gasteiger charge is 2.19. The summed E-state index contributed by atoms with van der Waals surface area (Å²) in [7, 11) is 0. The fraction of sp³-hybridized carbons (Fsp3) is 0.791. The largest absolute Gasteiger partial charge is 0.462 e. The molecule has 0 aromatic heterocycles. The summed E-state index contributed by atoms with van der Waals surface area (Å²) in [6.07, 6.45) is 41.4. The predicted octanol–water partition coefficient (Wildman–Crippen LogP) is 12.6. The number of rotatable bonds is 36. The van der Waals surface area contributed by atoms with Gasteiger partial charge in [-0.15, -0.1) is 0 Å². The van der Waals surface area contributed by atoms with Gasteiger partial charge in [-0.05, 0) is 64.2 Å². The van der Waals surface area contributed by atoms with Gasteiger partial charge in [0, 0.05) is 19.3 Å². The highest BCUT2D eigenvalue weighted by atomic mass is 16.6. The molecule has 0 aromatic carbocycles. The standard InChI is InChI=1S/C43H76O6/c1-4-7-10-13-16-18-20-21-22-23-25-27-30-33-36-42(45)48-39-40(38-47-41(44)35-32-29-26-15-12-9-6-3)49-43(46)37-34-31-28-24-19-17-14-11-8-5-2/h11,13-14,16,20-21,40H,4-10,12,15,17-19,22-39H2,1-3H3/b14-11-,16-13-,21-20-. The zero-order valence-electron chi connectivity index (χ0n) is 32.2. The molecule has 1 atom stereocenters. The monoisotopic (exact) mass is 689 g/mol. The van der Waals surface area contributed by atoms with Gasteiger partial charge in [-0.3, -0.25) is 14.4 Å². The lowest BCUT2D eigenvalue weighted by atomic mass is 10.1. The van der Waals surface area contributed by atoms with E-state index in [1.165, 1.54) is 64.2 Å². The van der Waals surface area contributed by atoms with Gasteiger partial charge < -0.3 is 14.2 Å². The van der Waals surface area contributed by atoms with Crippen molar-refractivity contribution in [2.24, 2.45) is 0 Å². The van der Waals surface area contributed by atoms with Crippen molar-refractivity contribution in [3.8, 4) is 0 Å². The van der Waals surface area contributed by atoms with Gasteiger partial charge in [0.1, 0.15) is 13.2 Å². The maximum absolute atomic E-state index is 12.6.